The molecule has 4 rings (SSSR count). The molecule has 5 nitrogen and oxygen atoms in total. The Morgan fingerprint density at radius 1 is 1.17 bits per heavy atom. The summed E-state index contributed by atoms with van der Waals surface area (Å²) in [6, 6.07) is 7.36. The van der Waals surface area contributed by atoms with Crippen LogP contribution in [0.3, 0.4) is 0 Å². The SMILES string of the molecule is CC(=O)c1cc(F)cc2c1N1CCC[C@@H](NC(=O)C(F)(F)F)[C@@H]1c1ccccc1O2. The zero-order chi connectivity index (χ0) is 21.6. The second kappa shape index (κ2) is 7.30. The molecule has 0 spiro atoms. The van der Waals surface area contributed by atoms with E-state index < -0.39 is 35.8 Å². The van der Waals surface area contributed by atoms with Gasteiger partial charge in [-0.15, -0.1) is 0 Å². The molecule has 0 bridgehead atoms. The van der Waals surface area contributed by atoms with Gasteiger partial charge in [-0.2, -0.15) is 13.2 Å². The minimum atomic E-state index is -5.02. The Labute approximate surface area is 169 Å². The number of nitrogens with zero attached hydrogens (tertiary/aromatic N) is 1. The van der Waals surface area contributed by atoms with Crippen molar-refractivity contribution in [2.24, 2.45) is 0 Å². The highest BCUT2D eigenvalue weighted by atomic mass is 19.4. The number of Topliss-reactive ketones (excluding diaryl/α,β-unsaturated/α-hetero) is 1. The summed E-state index contributed by atoms with van der Waals surface area (Å²) in [5, 5.41) is 2.10. The normalized spacial score (nSPS) is 20.2. The molecule has 1 N–H and O–H groups in total. The number of rotatable bonds is 2. The Kier molecular flexibility index (Phi) is 4.91. The van der Waals surface area contributed by atoms with Crippen LogP contribution in [0.5, 0.6) is 11.5 Å². The van der Waals surface area contributed by atoms with Crippen molar-refractivity contribution in [3.8, 4) is 11.5 Å². The second-order valence-electron chi connectivity index (χ2n) is 7.35. The molecule has 2 heterocycles. The molecule has 1 saturated heterocycles. The van der Waals surface area contributed by atoms with Crippen LogP contribution in [-0.4, -0.2) is 30.5 Å². The van der Waals surface area contributed by atoms with Crippen LogP contribution in [0.4, 0.5) is 23.2 Å². The first-order valence-electron chi connectivity index (χ1n) is 9.42. The number of ether oxygens (including phenoxy) is 1. The Hall–Kier alpha value is -3.10. The first-order valence-corrected chi connectivity index (χ1v) is 9.42. The third kappa shape index (κ3) is 3.48. The van der Waals surface area contributed by atoms with Crippen LogP contribution in [0.15, 0.2) is 36.4 Å². The molecule has 9 heteroatoms. The largest absolute Gasteiger partial charge is 0.471 e. The van der Waals surface area contributed by atoms with E-state index in [1.54, 1.807) is 29.2 Å². The maximum Gasteiger partial charge on any atom is 0.471 e. The van der Waals surface area contributed by atoms with Crippen molar-refractivity contribution in [3.63, 3.8) is 0 Å². The van der Waals surface area contributed by atoms with Gasteiger partial charge in [0.25, 0.3) is 0 Å². The monoisotopic (exact) mass is 422 g/mol. The Balaban J connectivity index is 1.89. The van der Waals surface area contributed by atoms with E-state index in [4.69, 9.17) is 4.74 Å². The average molecular weight is 422 g/mol. The topological polar surface area (TPSA) is 58.6 Å². The summed E-state index contributed by atoms with van der Waals surface area (Å²) in [7, 11) is 0. The zero-order valence-electron chi connectivity index (χ0n) is 15.9. The average Bonchev–Trinajstić information content (AvgIpc) is 2.81. The van der Waals surface area contributed by atoms with Crippen molar-refractivity contribution in [2.45, 2.75) is 38.0 Å². The molecule has 0 unspecified atom stereocenters. The van der Waals surface area contributed by atoms with Crippen LogP contribution < -0.4 is 15.0 Å². The third-order valence-corrected chi connectivity index (χ3v) is 5.37. The number of anilines is 1. The molecule has 158 valence electrons. The molecule has 2 aromatic rings. The quantitative estimate of drug-likeness (QED) is 0.571. The first-order chi connectivity index (χ1) is 14.2. The zero-order valence-corrected chi connectivity index (χ0v) is 15.9. The number of amides is 1. The summed E-state index contributed by atoms with van der Waals surface area (Å²) in [5.41, 5.74) is 0.942. The van der Waals surface area contributed by atoms with Crippen molar-refractivity contribution >= 4 is 17.4 Å². The molecular weight excluding hydrogens is 404 g/mol. The predicted molar refractivity (Wildman–Crippen MR) is 100 cm³/mol. The van der Waals surface area contributed by atoms with Gasteiger partial charge in [-0.1, -0.05) is 18.2 Å². The van der Waals surface area contributed by atoms with E-state index in [0.29, 0.717) is 36.4 Å². The van der Waals surface area contributed by atoms with Gasteiger partial charge in [0.15, 0.2) is 11.5 Å². The molecule has 1 fully saturated rings. The van der Waals surface area contributed by atoms with Crippen molar-refractivity contribution in [3.05, 3.63) is 53.3 Å². The molecule has 2 aliphatic rings. The molecule has 2 aromatic carbocycles. The number of piperidine rings is 1. The lowest BCUT2D eigenvalue weighted by atomic mass is 9.88. The van der Waals surface area contributed by atoms with E-state index >= 15 is 0 Å². The lowest BCUT2D eigenvalue weighted by molar-refractivity contribution is -0.174. The lowest BCUT2D eigenvalue weighted by Crippen LogP contribution is -2.53. The van der Waals surface area contributed by atoms with Gasteiger partial charge in [-0.3, -0.25) is 9.59 Å². The number of hydrogen-bond acceptors (Lipinski definition) is 4. The summed E-state index contributed by atoms with van der Waals surface area (Å²) in [4.78, 5) is 25.7. The molecule has 30 heavy (non-hydrogen) atoms. The minimum absolute atomic E-state index is 0.0746. The molecule has 2 aliphatic heterocycles. The van der Waals surface area contributed by atoms with Gasteiger partial charge in [-0.25, -0.2) is 4.39 Å². The highest BCUT2D eigenvalue weighted by Crippen LogP contribution is 2.49. The van der Waals surface area contributed by atoms with Crippen LogP contribution in [-0.2, 0) is 4.79 Å². The van der Waals surface area contributed by atoms with E-state index in [-0.39, 0.29) is 11.3 Å². The van der Waals surface area contributed by atoms with Gasteiger partial charge < -0.3 is 15.0 Å². The molecule has 0 saturated carbocycles. The van der Waals surface area contributed by atoms with Crippen LogP contribution in [0.1, 0.15) is 41.7 Å². The van der Waals surface area contributed by atoms with Crippen LogP contribution in [0, 0.1) is 5.82 Å². The van der Waals surface area contributed by atoms with E-state index in [1.807, 2.05) is 0 Å². The fourth-order valence-corrected chi connectivity index (χ4v) is 4.19. The van der Waals surface area contributed by atoms with Crippen molar-refractivity contribution in [1.82, 2.24) is 5.32 Å². The highest BCUT2D eigenvalue weighted by Gasteiger charge is 2.45. The molecule has 1 amide bonds. The maximum absolute atomic E-state index is 14.2. The van der Waals surface area contributed by atoms with Gasteiger partial charge in [-0.05, 0) is 31.9 Å². The molecule has 0 aliphatic carbocycles. The van der Waals surface area contributed by atoms with Crippen LogP contribution in [0.25, 0.3) is 0 Å². The number of hydrogen-bond donors (Lipinski definition) is 1. The summed E-state index contributed by atoms with van der Waals surface area (Å²) in [6.07, 6.45) is -4.24. The second-order valence-corrected chi connectivity index (χ2v) is 7.35. The number of carbonyl (C=O) groups is 2. The minimum Gasteiger partial charge on any atom is -0.455 e. The van der Waals surface area contributed by atoms with Gasteiger partial charge >= 0.3 is 12.1 Å². The summed E-state index contributed by atoms with van der Waals surface area (Å²) >= 11 is 0. The number of fused-ring (bicyclic) bond motifs is 5. The van der Waals surface area contributed by atoms with Crippen LogP contribution in [0.2, 0.25) is 0 Å². The smallest absolute Gasteiger partial charge is 0.455 e. The number of halogens is 4. The lowest BCUT2D eigenvalue weighted by Gasteiger charge is -2.43. The van der Waals surface area contributed by atoms with E-state index in [2.05, 4.69) is 5.32 Å². The van der Waals surface area contributed by atoms with Crippen molar-refractivity contribution in [2.75, 3.05) is 11.4 Å². The Morgan fingerprint density at radius 3 is 2.60 bits per heavy atom. The van der Waals surface area contributed by atoms with E-state index in [0.717, 1.165) is 12.1 Å². The van der Waals surface area contributed by atoms with Crippen molar-refractivity contribution in [1.29, 1.82) is 0 Å². The van der Waals surface area contributed by atoms with Crippen molar-refractivity contribution < 1.29 is 31.9 Å². The fraction of sp³-hybridized carbons (Fsp3) is 0.333. The number of ketones is 1. The van der Waals surface area contributed by atoms with E-state index in [1.165, 1.54) is 6.92 Å². The van der Waals surface area contributed by atoms with Gasteiger partial charge in [0.05, 0.1) is 17.8 Å². The number of para-hydroxylation sites is 1. The van der Waals surface area contributed by atoms with Gasteiger partial charge in [0.2, 0.25) is 0 Å². The van der Waals surface area contributed by atoms with Crippen LogP contribution >= 0.6 is 0 Å². The Morgan fingerprint density at radius 2 is 1.90 bits per heavy atom. The van der Waals surface area contributed by atoms with Gasteiger partial charge in [0.1, 0.15) is 11.6 Å². The third-order valence-electron chi connectivity index (χ3n) is 5.37. The predicted octanol–water partition coefficient (Wildman–Crippen LogP) is 4.52. The molecular formula is C21H18F4N2O3. The van der Waals surface area contributed by atoms with Gasteiger partial charge in [0, 0.05) is 23.7 Å². The molecule has 0 radical (unpaired) electrons. The highest BCUT2D eigenvalue weighted by molar-refractivity contribution is 6.01. The number of benzene rings is 2. The Bertz CT molecular complexity index is 1020. The maximum atomic E-state index is 14.2. The first kappa shape index (κ1) is 20.2. The van der Waals surface area contributed by atoms with E-state index in [9.17, 15) is 27.2 Å². The number of alkyl halides is 3. The summed E-state index contributed by atoms with van der Waals surface area (Å²) in [6.45, 7) is 1.69. The molecule has 0 aromatic heterocycles. The summed E-state index contributed by atoms with van der Waals surface area (Å²) in [5.74, 6) is -2.64. The number of carbonyl (C=O) groups excluding carboxylic acids is 2. The molecule has 2 atom stereocenters. The number of nitrogens with one attached hydrogen (secondary N) is 1. The fourth-order valence-electron chi connectivity index (χ4n) is 4.19. The standard InChI is InChI=1S/C21H18F4N2O3/c1-11(28)14-9-12(22)10-17-19(14)27-8-4-6-15(26-20(29)21(23,24)25)18(27)13-5-2-3-7-16(13)30-17/h2-3,5,7,9-10,15,18H,4,6,8H2,1H3,(H,26,29)/t15-,18+/m1/s1. The summed E-state index contributed by atoms with van der Waals surface area (Å²) < 4.78 is 58.9.